The molecule has 1 aliphatic rings. The number of hydrogen-bond donors (Lipinski definition) is 1. The Morgan fingerprint density at radius 1 is 1.33 bits per heavy atom. The Morgan fingerprint density at radius 2 is 2.06 bits per heavy atom. The van der Waals surface area contributed by atoms with Crippen molar-refractivity contribution in [1.29, 1.82) is 0 Å². The average Bonchev–Trinajstić information content (AvgIpc) is 2.95. The van der Waals surface area contributed by atoms with Crippen molar-refractivity contribution in [2.75, 3.05) is 7.05 Å². The van der Waals surface area contributed by atoms with Crippen LogP contribution in [0.4, 0.5) is 0 Å². The highest BCUT2D eigenvalue weighted by molar-refractivity contribution is 5.11. The Labute approximate surface area is 110 Å². The zero-order valence-electron chi connectivity index (χ0n) is 11.9. The van der Waals surface area contributed by atoms with E-state index in [1.165, 1.54) is 37.8 Å². The molecule has 102 valence electrons. The first-order valence-electron chi connectivity index (χ1n) is 7.30. The highest BCUT2D eigenvalue weighted by Crippen LogP contribution is 2.30. The minimum atomic E-state index is 0.602. The van der Waals surface area contributed by atoms with E-state index in [1.807, 2.05) is 7.05 Å². The van der Waals surface area contributed by atoms with E-state index in [2.05, 4.69) is 34.2 Å². The third-order valence-electron chi connectivity index (χ3n) is 3.84. The zero-order chi connectivity index (χ0) is 13.0. The quantitative estimate of drug-likeness (QED) is 0.844. The van der Waals surface area contributed by atoms with Gasteiger partial charge in [-0.15, -0.1) is 5.10 Å². The van der Waals surface area contributed by atoms with Gasteiger partial charge in [-0.2, -0.15) is 0 Å². The summed E-state index contributed by atoms with van der Waals surface area (Å²) in [5, 5.41) is 12.0. The van der Waals surface area contributed by atoms with Crippen molar-refractivity contribution >= 4 is 0 Å². The summed E-state index contributed by atoms with van der Waals surface area (Å²) < 4.78 is 2.22. The van der Waals surface area contributed by atoms with Crippen LogP contribution in [-0.4, -0.2) is 22.0 Å². The monoisotopic (exact) mass is 250 g/mol. The molecule has 1 aromatic heterocycles. The van der Waals surface area contributed by atoms with Crippen LogP contribution in [0.15, 0.2) is 0 Å². The summed E-state index contributed by atoms with van der Waals surface area (Å²) in [6.45, 7) is 5.39. The van der Waals surface area contributed by atoms with Gasteiger partial charge in [-0.1, -0.05) is 31.9 Å². The van der Waals surface area contributed by atoms with E-state index in [-0.39, 0.29) is 0 Å². The number of nitrogens with one attached hydrogen (secondary N) is 1. The van der Waals surface area contributed by atoms with Gasteiger partial charge in [0.2, 0.25) is 0 Å². The molecular weight excluding hydrogens is 224 g/mol. The summed E-state index contributed by atoms with van der Waals surface area (Å²) in [4.78, 5) is 0. The Bertz CT molecular complexity index is 364. The van der Waals surface area contributed by atoms with Gasteiger partial charge < -0.3 is 5.32 Å². The summed E-state index contributed by atoms with van der Waals surface area (Å²) in [5.41, 5.74) is 2.51. The Balaban J connectivity index is 2.16. The first-order valence-corrected chi connectivity index (χ1v) is 7.30. The van der Waals surface area contributed by atoms with E-state index >= 15 is 0 Å². The second-order valence-electron chi connectivity index (χ2n) is 5.83. The molecule has 4 heteroatoms. The van der Waals surface area contributed by atoms with Gasteiger partial charge in [-0.25, -0.2) is 4.68 Å². The largest absolute Gasteiger partial charge is 0.314 e. The Kier molecular flexibility index (Phi) is 4.75. The summed E-state index contributed by atoms with van der Waals surface area (Å²) >= 11 is 0. The molecule has 0 unspecified atom stereocenters. The van der Waals surface area contributed by atoms with Crippen molar-refractivity contribution in [3.8, 4) is 0 Å². The summed E-state index contributed by atoms with van der Waals surface area (Å²) in [7, 11) is 1.97. The fraction of sp³-hybridized carbons (Fsp3) is 0.857. The predicted molar refractivity (Wildman–Crippen MR) is 73.4 cm³/mol. The van der Waals surface area contributed by atoms with Crippen LogP contribution in [0.25, 0.3) is 0 Å². The molecule has 0 bridgehead atoms. The normalized spacial score (nSPS) is 16.9. The maximum absolute atomic E-state index is 4.42. The molecule has 18 heavy (non-hydrogen) atoms. The number of rotatable bonds is 6. The molecule has 0 aliphatic heterocycles. The number of nitrogens with zero attached hydrogens (tertiary/aromatic N) is 3. The molecule has 0 amide bonds. The zero-order valence-corrected chi connectivity index (χ0v) is 11.9. The second-order valence-corrected chi connectivity index (χ2v) is 5.83. The third-order valence-corrected chi connectivity index (χ3v) is 3.84. The van der Waals surface area contributed by atoms with E-state index in [0.29, 0.717) is 6.04 Å². The van der Waals surface area contributed by atoms with Crippen molar-refractivity contribution in [2.24, 2.45) is 5.92 Å². The Hall–Kier alpha value is -0.900. The summed E-state index contributed by atoms with van der Waals surface area (Å²) in [6, 6.07) is 0.602. The lowest BCUT2D eigenvalue weighted by Crippen LogP contribution is -2.14. The molecular formula is C14H26N4. The van der Waals surface area contributed by atoms with Gasteiger partial charge in [0.1, 0.15) is 0 Å². The molecule has 2 rings (SSSR count). The van der Waals surface area contributed by atoms with Crippen LogP contribution in [0.3, 0.4) is 0 Å². The smallest absolute Gasteiger partial charge is 0.0996 e. The first kappa shape index (κ1) is 13.5. The summed E-state index contributed by atoms with van der Waals surface area (Å²) in [5.74, 6) is 0.736. The van der Waals surface area contributed by atoms with Gasteiger partial charge in [0.15, 0.2) is 0 Å². The van der Waals surface area contributed by atoms with Gasteiger partial charge in [0.05, 0.1) is 17.4 Å². The van der Waals surface area contributed by atoms with Crippen molar-refractivity contribution in [1.82, 2.24) is 20.3 Å². The van der Waals surface area contributed by atoms with Crippen LogP contribution in [0.1, 0.15) is 63.4 Å². The van der Waals surface area contributed by atoms with Crippen molar-refractivity contribution < 1.29 is 0 Å². The molecule has 1 aliphatic carbocycles. The molecule has 0 saturated heterocycles. The number of aromatic nitrogens is 3. The highest BCUT2D eigenvalue weighted by Gasteiger charge is 2.22. The van der Waals surface area contributed by atoms with Crippen LogP contribution in [0.2, 0.25) is 0 Å². The SMILES string of the molecule is CNCc1nnn(C2CCCC2)c1CCC(C)C. The van der Waals surface area contributed by atoms with Crippen LogP contribution < -0.4 is 5.32 Å². The lowest BCUT2D eigenvalue weighted by Gasteiger charge is -2.14. The third kappa shape index (κ3) is 3.10. The molecule has 1 aromatic rings. The molecule has 0 radical (unpaired) electrons. The minimum Gasteiger partial charge on any atom is -0.314 e. The van der Waals surface area contributed by atoms with Crippen LogP contribution in [0, 0.1) is 5.92 Å². The van der Waals surface area contributed by atoms with E-state index in [4.69, 9.17) is 0 Å². The molecule has 1 fully saturated rings. The van der Waals surface area contributed by atoms with Crippen molar-refractivity contribution in [2.45, 2.75) is 65.0 Å². The average molecular weight is 250 g/mol. The molecule has 1 saturated carbocycles. The van der Waals surface area contributed by atoms with Gasteiger partial charge in [-0.05, 0) is 38.6 Å². The van der Waals surface area contributed by atoms with E-state index < -0.39 is 0 Å². The van der Waals surface area contributed by atoms with E-state index in [1.54, 1.807) is 0 Å². The maximum Gasteiger partial charge on any atom is 0.0996 e. The predicted octanol–water partition coefficient (Wildman–Crippen LogP) is 2.70. The fourth-order valence-corrected chi connectivity index (χ4v) is 2.78. The molecule has 1 heterocycles. The molecule has 0 aromatic carbocycles. The van der Waals surface area contributed by atoms with E-state index in [0.717, 1.165) is 24.6 Å². The standard InChI is InChI=1S/C14H26N4/c1-11(2)8-9-14-13(10-15-3)16-17-18(14)12-6-4-5-7-12/h11-12,15H,4-10H2,1-3H3. The maximum atomic E-state index is 4.42. The van der Waals surface area contributed by atoms with Gasteiger partial charge in [0.25, 0.3) is 0 Å². The molecule has 4 nitrogen and oxygen atoms in total. The van der Waals surface area contributed by atoms with E-state index in [9.17, 15) is 0 Å². The fourth-order valence-electron chi connectivity index (χ4n) is 2.78. The second kappa shape index (κ2) is 6.32. The topological polar surface area (TPSA) is 42.7 Å². The number of hydrogen-bond acceptors (Lipinski definition) is 3. The first-order chi connectivity index (χ1) is 8.72. The molecule has 0 spiro atoms. The van der Waals surface area contributed by atoms with Gasteiger partial charge in [0, 0.05) is 6.54 Å². The van der Waals surface area contributed by atoms with Crippen LogP contribution in [0.5, 0.6) is 0 Å². The molecule has 1 N–H and O–H groups in total. The van der Waals surface area contributed by atoms with Gasteiger partial charge in [-0.3, -0.25) is 0 Å². The lowest BCUT2D eigenvalue weighted by atomic mass is 10.0. The minimum absolute atomic E-state index is 0.602. The van der Waals surface area contributed by atoms with Crippen molar-refractivity contribution in [3.63, 3.8) is 0 Å². The summed E-state index contributed by atoms with van der Waals surface area (Å²) in [6.07, 6.45) is 7.56. The van der Waals surface area contributed by atoms with Gasteiger partial charge >= 0.3 is 0 Å². The van der Waals surface area contributed by atoms with Crippen LogP contribution >= 0.6 is 0 Å². The lowest BCUT2D eigenvalue weighted by molar-refractivity contribution is 0.430. The Morgan fingerprint density at radius 3 is 2.67 bits per heavy atom. The highest BCUT2D eigenvalue weighted by atomic mass is 15.4. The van der Waals surface area contributed by atoms with Crippen LogP contribution in [-0.2, 0) is 13.0 Å². The van der Waals surface area contributed by atoms with Crippen molar-refractivity contribution in [3.05, 3.63) is 11.4 Å². The molecule has 0 atom stereocenters.